The molecule has 1 heterocycles. The van der Waals surface area contributed by atoms with Crippen LogP contribution in [0.5, 0.6) is 0 Å². The van der Waals surface area contributed by atoms with Gasteiger partial charge in [0.05, 0.1) is 29.0 Å². The maximum Gasteiger partial charge on any atom is 0.101 e. The highest BCUT2D eigenvalue weighted by molar-refractivity contribution is 5.78. The highest BCUT2D eigenvalue weighted by Crippen LogP contribution is 2.16. The van der Waals surface area contributed by atoms with Gasteiger partial charge in [0, 0.05) is 5.39 Å². The van der Waals surface area contributed by atoms with Crippen LogP contribution in [-0.2, 0) is 6.54 Å². The van der Waals surface area contributed by atoms with Gasteiger partial charge in [-0.15, -0.1) is 0 Å². The molecule has 0 aliphatic carbocycles. The molecule has 0 saturated carbocycles. The Labute approximate surface area is 117 Å². The molecule has 0 unspecified atom stereocenters. The van der Waals surface area contributed by atoms with Crippen molar-refractivity contribution in [3.63, 3.8) is 0 Å². The van der Waals surface area contributed by atoms with Crippen LogP contribution < -0.4 is 5.32 Å². The van der Waals surface area contributed by atoms with Crippen molar-refractivity contribution in [1.29, 1.82) is 5.26 Å². The molecule has 0 saturated heterocycles. The van der Waals surface area contributed by atoms with Gasteiger partial charge in [-0.05, 0) is 24.3 Å². The maximum atomic E-state index is 9.05. The molecule has 3 nitrogen and oxygen atoms in total. The van der Waals surface area contributed by atoms with E-state index in [1.54, 1.807) is 6.07 Å². The lowest BCUT2D eigenvalue weighted by atomic mass is 10.2. The van der Waals surface area contributed by atoms with Crippen LogP contribution >= 0.6 is 0 Å². The van der Waals surface area contributed by atoms with E-state index in [1.165, 1.54) is 0 Å². The van der Waals surface area contributed by atoms with Crippen molar-refractivity contribution < 1.29 is 0 Å². The number of benzene rings is 2. The number of nitrogens with one attached hydrogen (secondary N) is 1. The molecule has 0 aliphatic rings. The smallest absolute Gasteiger partial charge is 0.101 e. The molecule has 0 radical (unpaired) electrons. The van der Waals surface area contributed by atoms with Crippen molar-refractivity contribution in [2.24, 2.45) is 0 Å². The second-order valence-corrected chi connectivity index (χ2v) is 4.51. The quantitative estimate of drug-likeness (QED) is 0.779. The van der Waals surface area contributed by atoms with E-state index in [0.29, 0.717) is 12.1 Å². The van der Waals surface area contributed by atoms with Gasteiger partial charge < -0.3 is 5.32 Å². The zero-order chi connectivity index (χ0) is 13.8. The van der Waals surface area contributed by atoms with Gasteiger partial charge in [0.25, 0.3) is 0 Å². The Bertz CT molecular complexity index is 787. The highest BCUT2D eigenvalue weighted by atomic mass is 14.9. The zero-order valence-corrected chi connectivity index (χ0v) is 10.9. The van der Waals surface area contributed by atoms with E-state index in [2.05, 4.69) is 22.4 Å². The lowest BCUT2D eigenvalue weighted by Crippen LogP contribution is -2.03. The monoisotopic (exact) mass is 259 g/mol. The summed E-state index contributed by atoms with van der Waals surface area (Å²) in [6.07, 6.45) is 0. The topological polar surface area (TPSA) is 48.7 Å². The number of aromatic nitrogens is 1. The molecule has 0 atom stereocenters. The van der Waals surface area contributed by atoms with Crippen molar-refractivity contribution >= 4 is 16.6 Å². The van der Waals surface area contributed by atoms with E-state index < -0.39 is 0 Å². The Morgan fingerprint density at radius 2 is 1.75 bits per heavy atom. The molecule has 0 amide bonds. The van der Waals surface area contributed by atoms with Crippen molar-refractivity contribution in [3.05, 3.63) is 71.9 Å². The fraction of sp³-hybridized carbons (Fsp3) is 0.0588. The number of hydrogen-bond donors (Lipinski definition) is 1. The van der Waals surface area contributed by atoms with Crippen LogP contribution in [0.1, 0.15) is 11.3 Å². The van der Waals surface area contributed by atoms with E-state index in [0.717, 1.165) is 22.3 Å². The first-order valence-corrected chi connectivity index (χ1v) is 6.44. The zero-order valence-electron chi connectivity index (χ0n) is 10.9. The Balaban J connectivity index is 1.82. The number of nitriles is 1. The van der Waals surface area contributed by atoms with Gasteiger partial charge in [-0.25, -0.2) is 0 Å². The van der Waals surface area contributed by atoms with E-state index in [9.17, 15) is 0 Å². The van der Waals surface area contributed by atoms with Gasteiger partial charge in [0.15, 0.2) is 0 Å². The maximum absolute atomic E-state index is 9.05. The van der Waals surface area contributed by atoms with Crippen molar-refractivity contribution in [1.82, 2.24) is 4.98 Å². The van der Waals surface area contributed by atoms with Crippen LogP contribution in [0.25, 0.3) is 10.9 Å². The van der Waals surface area contributed by atoms with Gasteiger partial charge in [-0.2, -0.15) is 5.26 Å². The van der Waals surface area contributed by atoms with Gasteiger partial charge >= 0.3 is 0 Å². The fourth-order valence-corrected chi connectivity index (χ4v) is 2.13. The Kier molecular flexibility index (Phi) is 3.30. The summed E-state index contributed by atoms with van der Waals surface area (Å²) in [6, 6.07) is 21.8. The molecule has 2 aromatic carbocycles. The first kappa shape index (κ1) is 12.2. The molecule has 0 fully saturated rings. The fourth-order valence-electron chi connectivity index (χ4n) is 2.13. The van der Waals surface area contributed by atoms with E-state index in [4.69, 9.17) is 5.26 Å². The Hall–Kier alpha value is -2.86. The van der Waals surface area contributed by atoms with Crippen LogP contribution in [0.4, 0.5) is 5.69 Å². The number of hydrogen-bond acceptors (Lipinski definition) is 3. The summed E-state index contributed by atoms with van der Waals surface area (Å²) in [5.41, 5.74) is 3.43. The van der Waals surface area contributed by atoms with Crippen molar-refractivity contribution in [2.75, 3.05) is 5.32 Å². The first-order valence-electron chi connectivity index (χ1n) is 6.44. The molecule has 3 heteroatoms. The summed E-state index contributed by atoms with van der Waals surface area (Å²) in [4.78, 5) is 4.60. The van der Waals surface area contributed by atoms with Crippen molar-refractivity contribution in [3.8, 4) is 6.07 Å². The van der Waals surface area contributed by atoms with Gasteiger partial charge in [0.1, 0.15) is 6.07 Å². The van der Waals surface area contributed by atoms with Crippen LogP contribution in [0.2, 0.25) is 0 Å². The lowest BCUT2D eigenvalue weighted by molar-refractivity contribution is 1.07. The van der Waals surface area contributed by atoms with Crippen molar-refractivity contribution in [2.45, 2.75) is 6.54 Å². The summed E-state index contributed by atoms with van der Waals surface area (Å²) in [7, 11) is 0. The number of rotatable bonds is 3. The summed E-state index contributed by atoms with van der Waals surface area (Å²) in [6.45, 7) is 0.601. The average Bonchev–Trinajstić information content (AvgIpc) is 2.53. The molecule has 1 aromatic heterocycles. The predicted octanol–water partition coefficient (Wildman–Crippen LogP) is 3.72. The van der Waals surface area contributed by atoms with Crippen LogP contribution in [0.3, 0.4) is 0 Å². The van der Waals surface area contributed by atoms with Gasteiger partial charge in [-0.1, -0.05) is 36.4 Å². The standard InChI is InChI=1S/C17H13N3/c18-11-14-6-2-3-7-16(14)19-12-15-10-9-13-5-1-4-8-17(13)20-15/h1-10,19H,12H2. The third-order valence-corrected chi connectivity index (χ3v) is 3.16. The summed E-state index contributed by atoms with van der Waals surface area (Å²) in [5, 5.41) is 13.4. The number of para-hydroxylation sites is 2. The number of anilines is 1. The minimum Gasteiger partial charge on any atom is -0.378 e. The Morgan fingerprint density at radius 3 is 2.65 bits per heavy atom. The van der Waals surface area contributed by atoms with E-state index in [1.807, 2.05) is 48.5 Å². The van der Waals surface area contributed by atoms with E-state index >= 15 is 0 Å². The molecule has 3 rings (SSSR count). The molecule has 0 aliphatic heterocycles. The second-order valence-electron chi connectivity index (χ2n) is 4.51. The predicted molar refractivity (Wildman–Crippen MR) is 80.2 cm³/mol. The molecule has 0 bridgehead atoms. The third-order valence-electron chi connectivity index (χ3n) is 3.16. The molecule has 1 N–H and O–H groups in total. The molecular formula is C17H13N3. The summed E-state index contributed by atoms with van der Waals surface area (Å²) < 4.78 is 0. The number of nitrogens with zero attached hydrogens (tertiary/aromatic N) is 2. The minimum absolute atomic E-state index is 0.601. The normalized spacial score (nSPS) is 10.2. The first-order chi connectivity index (χ1) is 9.86. The number of fused-ring (bicyclic) bond motifs is 1. The summed E-state index contributed by atoms with van der Waals surface area (Å²) in [5.74, 6) is 0. The van der Waals surface area contributed by atoms with Crippen LogP contribution in [0.15, 0.2) is 60.7 Å². The minimum atomic E-state index is 0.601. The third kappa shape index (κ3) is 2.45. The molecule has 20 heavy (non-hydrogen) atoms. The molecular weight excluding hydrogens is 246 g/mol. The molecule has 96 valence electrons. The Morgan fingerprint density at radius 1 is 0.950 bits per heavy atom. The molecule has 3 aromatic rings. The summed E-state index contributed by atoms with van der Waals surface area (Å²) >= 11 is 0. The number of pyridine rings is 1. The largest absolute Gasteiger partial charge is 0.378 e. The second kappa shape index (κ2) is 5.41. The highest BCUT2D eigenvalue weighted by Gasteiger charge is 2.01. The van der Waals surface area contributed by atoms with E-state index in [-0.39, 0.29) is 0 Å². The SMILES string of the molecule is N#Cc1ccccc1NCc1ccc2ccccc2n1. The lowest BCUT2D eigenvalue weighted by Gasteiger charge is -2.08. The van der Waals surface area contributed by atoms with Gasteiger partial charge in [-0.3, -0.25) is 4.98 Å². The average molecular weight is 259 g/mol. The van der Waals surface area contributed by atoms with Gasteiger partial charge in [0.2, 0.25) is 0 Å². The van der Waals surface area contributed by atoms with Crippen LogP contribution in [-0.4, -0.2) is 4.98 Å². The molecule has 0 spiro atoms. The van der Waals surface area contributed by atoms with Crippen LogP contribution in [0, 0.1) is 11.3 Å².